The van der Waals surface area contributed by atoms with Crippen molar-refractivity contribution in [2.24, 2.45) is 5.92 Å². The van der Waals surface area contributed by atoms with Gasteiger partial charge in [0.2, 0.25) is 5.91 Å². The van der Waals surface area contributed by atoms with E-state index in [0.29, 0.717) is 17.5 Å². The molecule has 0 radical (unpaired) electrons. The van der Waals surface area contributed by atoms with E-state index in [1.807, 2.05) is 23.1 Å². The lowest BCUT2D eigenvalue weighted by Crippen LogP contribution is -2.45. The minimum absolute atomic E-state index is 0.0716. The molecule has 0 bridgehead atoms. The Morgan fingerprint density at radius 3 is 2.58 bits per heavy atom. The van der Waals surface area contributed by atoms with Crippen LogP contribution in [0.3, 0.4) is 0 Å². The highest BCUT2D eigenvalue weighted by atomic mass is 127. The molecule has 5 heteroatoms. The van der Waals surface area contributed by atoms with Crippen molar-refractivity contribution < 1.29 is 9.59 Å². The number of carbonyl (C=O) groups is 2. The molecule has 1 aromatic rings. The normalized spacial score (nSPS) is 21.7. The summed E-state index contributed by atoms with van der Waals surface area (Å²) in [5.74, 6) is 0.570. The summed E-state index contributed by atoms with van der Waals surface area (Å²) in [5.41, 5.74) is 0.635. The number of hydrogen-bond acceptors (Lipinski definition) is 2. The summed E-state index contributed by atoms with van der Waals surface area (Å²) < 4.78 is 0.904. The number of carbonyl (C=O) groups excluding carboxylic acids is 2. The molecule has 1 heterocycles. The van der Waals surface area contributed by atoms with Crippen LogP contribution < -0.4 is 5.32 Å². The minimum atomic E-state index is -0.165. The molecule has 1 aliphatic heterocycles. The van der Waals surface area contributed by atoms with E-state index in [2.05, 4.69) is 27.9 Å². The molecule has 2 amide bonds. The molecule has 1 aromatic carbocycles. The lowest BCUT2D eigenvalue weighted by atomic mass is 9.83. The first-order chi connectivity index (χ1) is 11.7. The molecule has 2 aliphatic rings. The van der Waals surface area contributed by atoms with Gasteiger partial charge in [-0.1, -0.05) is 31.4 Å². The lowest BCUT2D eigenvalue weighted by Gasteiger charge is -2.34. The molecule has 1 atom stereocenters. The first-order valence-electron chi connectivity index (χ1n) is 8.99. The van der Waals surface area contributed by atoms with E-state index in [4.69, 9.17) is 0 Å². The fourth-order valence-corrected chi connectivity index (χ4v) is 4.74. The smallest absolute Gasteiger partial charge is 0.252 e. The van der Waals surface area contributed by atoms with E-state index in [-0.39, 0.29) is 18.4 Å². The second-order valence-electron chi connectivity index (χ2n) is 6.86. The fraction of sp³-hybridized carbons (Fsp3) is 0.579. The van der Waals surface area contributed by atoms with Gasteiger partial charge in [0.05, 0.1) is 12.1 Å². The van der Waals surface area contributed by atoms with Crippen molar-refractivity contribution in [3.05, 3.63) is 33.4 Å². The molecule has 3 rings (SSSR count). The van der Waals surface area contributed by atoms with Crippen LogP contribution in [0.2, 0.25) is 0 Å². The van der Waals surface area contributed by atoms with Gasteiger partial charge in [0, 0.05) is 16.2 Å². The summed E-state index contributed by atoms with van der Waals surface area (Å²) in [5, 5.41) is 2.80. The zero-order valence-electron chi connectivity index (χ0n) is 14.0. The Kier molecular flexibility index (Phi) is 6.14. The first kappa shape index (κ1) is 17.7. The molecule has 24 heavy (non-hydrogen) atoms. The topological polar surface area (TPSA) is 49.4 Å². The molecule has 0 spiro atoms. The van der Waals surface area contributed by atoms with Gasteiger partial charge in [0.15, 0.2) is 0 Å². The van der Waals surface area contributed by atoms with Gasteiger partial charge in [-0.25, -0.2) is 0 Å². The molecule has 130 valence electrons. The largest absolute Gasteiger partial charge is 0.343 e. The maximum Gasteiger partial charge on any atom is 0.252 e. The maximum absolute atomic E-state index is 12.6. The summed E-state index contributed by atoms with van der Waals surface area (Å²) in [4.78, 5) is 26.9. The van der Waals surface area contributed by atoms with Gasteiger partial charge in [-0.05, 0) is 66.3 Å². The number of benzene rings is 1. The average Bonchev–Trinajstić information content (AvgIpc) is 3.10. The highest BCUT2D eigenvalue weighted by Crippen LogP contribution is 2.34. The van der Waals surface area contributed by atoms with Crippen LogP contribution in [0.15, 0.2) is 24.3 Å². The molecule has 1 saturated carbocycles. The Morgan fingerprint density at radius 2 is 1.83 bits per heavy atom. The Morgan fingerprint density at radius 1 is 1.08 bits per heavy atom. The third-order valence-corrected chi connectivity index (χ3v) is 6.27. The predicted octanol–water partition coefficient (Wildman–Crippen LogP) is 3.59. The summed E-state index contributed by atoms with van der Waals surface area (Å²) in [6.45, 7) is 0.950. The van der Waals surface area contributed by atoms with Crippen LogP contribution in [-0.2, 0) is 4.79 Å². The number of nitrogens with zero attached hydrogens (tertiary/aromatic N) is 1. The van der Waals surface area contributed by atoms with Crippen molar-refractivity contribution in [2.45, 2.75) is 51.0 Å². The van der Waals surface area contributed by atoms with Crippen LogP contribution in [0, 0.1) is 9.49 Å². The Labute approximate surface area is 157 Å². The van der Waals surface area contributed by atoms with E-state index in [1.54, 1.807) is 6.07 Å². The maximum atomic E-state index is 12.6. The van der Waals surface area contributed by atoms with Crippen molar-refractivity contribution in [3.63, 3.8) is 0 Å². The van der Waals surface area contributed by atoms with E-state index >= 15 is 0 Å². The predicted molar refractivity (Wildman–Crippen MR) is 103 cm³/mol. The van der Waals surface area contributed by atoms with Crippen LogP contribution in [0.5, 0.6) is 0 Å². The molecule has 1 unspecified atom stereocenters. The number of nitrogens with one attached hydrogen (secondary N) is 1. The monoisotopic (exact) mass is 440 g/mol. The van der Waals surface area contributed by atoms with Gasteiger partial charge in [-0.2, -0.15) is 0 Å². The zero-order chi connectivity index (χ0) is 16.9. The van der Waals surface area contributed by atoms with Crippen molar-refractivity contribution in [3.8, 4) is 0 Å². The van der Waals surface area contributed by atoms with E-state index in [0.717, 1.165) is 23.0 Å². The zero-order valence-corrected chi connectivity index (χ0v) is 16.1. The third-order valence-electron chi connectivity index (χ3n) is 5.33. The second kappa shape index (κ2) is 8.32. The summed E-state index contributed by atoms with van der Waals surface area (Å²) in [6.07, 6.45) is 8.66. The summed E-state index contributed by atoms with van der Waals surface area (Å²) >= 11 is 2.15. The Balaban J connectivity index is 1.56. The van der Waals surface area contributed by atoms with Crippen molar-refractivity contribution in [2.75, 3.05) is 13.1 Å². The molecular weight excluding hydrogens is 415 g/mol. The van der Waals surface area contributed by atoms with Gasteiger partial charge in [-0.15, -0.1) is 0 Å². The van der Waals surface area contributed by atoms with E-state index in [1.165, 1.54) is 32.1 Å². The average molecular weight is 440 g/mol. The molecule has 1 saturated heterocycles. The van der Waals surface area contributed by atoms with Gasteiger partial charge < -0.3 is 10.2 Å². The Hall–Kier alpha value is -1.11. The number of amides is 2. The van der Waals surface area contributed by atoms with Gasteiger partial charge >= 0.3 is 0 Å². The van der Waals surface area contributed by atoms with Gasteiger partial charge in [0.25, 0.3) is 5.91 Å². The number of likely N-dealkylation sites (tertiary alicyclic amines) is 1. The van der Waals surface area contributed by atoms with E-state index in [9.17, 15) is 9.59 Å². The molecule has 4 nitrogen and oxygen atoms in total. The molecule has 0 aromatic heterocycles. The van der Waals surface area contributed by atoms with Crippen molar-refractivity contribution in [1.82, 2.24) is 10.2 Å². The molecule has 1 aliphatic carbocycles. The second-order valence-corrected chi connectivity index (χ2v) is 8.02. The van der Waals surface area contributed by atoms with Crippen molar-refractivity contribution >= 4 is 34.4 Å². The number of halogens is 1. The fourth-order valence-electron chi connectivity index (χ4n) is 4.11. The highest BCUT2D eigenvalue weighted by Gasteiger charge is 2.34. The molecular formula is C19H25IN2O2. The third kappa shape index (κ3) is 4.10. The van der Waals surface area contributed by atoms with Crippen molar-refractivity contribution in [1.29, 1.82) is 0 Å². The van der Waals surface area contributed by atoms with Crippen LogP contribution in [0.4, 0.5) is 0 Å². The quantitative estimate of drug-likeness (QED) is 0.728. The van der Waals surface area contributed by atoms with Crippen LogP contribution in [0.1, 0.15) is 55.3 Å². The standard InChI is InChI=1S/C19H25IN2O2/c20-16-10-5-4-9-15(16)19(24)21-13-18(23)22-12-6-11-17(22)14-7-2-1-3-8-14/h4-5,9-10,14,17H,1-3,6-8,11-13H2,(H,21,24). The van der Waals surface area contributed by atoms with Crippen LogP contribution >= 0.6 is 22.6 Å². The SMILES string of the molecule is O=C(NCC(=O)N1CCCC1C1CCCCC1)c1ccccc1I. The summed E-state index contributed by atoms with van der Waals surface area (Å²) in [6, 6.07) is 7.84. The molecule has 1 N–H and O–H groups in total. The summed E-state index contributed by atoms with van der Waals surface area (Å²) in [7, 11) is 0. The number of hydrogen-bond donors (Lipinski definition) is 1. The van der Waals surface area contributed by atoms with Gasteiger partial charge in [-0.3, -0.25) is 9.59 Å². The van der Waals surface area contributed by atoms with E-state index < -0.39 is 0 Å². The van der Waals surface area contributed by atoms with Gasteiger partial charge in [0.1, 0.15) is 0 Å². The Bertz CT molecular complexity index is 599. The van der Waals surface area contributed by atoms with Crippen LogP contribution in [-0.4, -0.2) is 35.8 Å². The minimum Gasteiger partial charge on any atom is -0.343 e. The number of rotatable bonds is 4. The molecule has 2 fully saturated rings. The first-order valence-corrected chi connectivity index (χ1v) is 10.1. The van der Waals surface area contributed by atoms with Crippen LogP contribution in [0.25, 0.3) is 0 Å². The lowest BCUT2D eigenvalue weighted by molar-refractivity contribution is -0.132. The highest BCUT2D eigenvalue weighted by molar-refractivity contribution is 14.1.